The van der Waals surface area contributed by atoms with Gasteiger partial charge >= 0.3 is 18.6 Å². The van der Waals surface area contributed by atoms with E-state index in [2.05, 4.69) is 25.1 Å². The van der Waals surface area contributed by atoms with Gasteiger partial charge in [0.25, 0.3) is 0 Å². The molecule has 1 N–H and O–H groups in total. The number of benzene rings is 3. The topological polar surface area (TPSA) is 111 Å². The van der Waals surface area contributed by atoms with Gasteiger partial charge in [0.1, 0.15) is 17.8 Å². The molecule has 0 saturated carbocycles. The molecule has 0 bridgehead atoms. The van der Waals surface area contributed by atoms with Crippen LogP contribution in [0, 0.1) is 6.92 Å². The number of halogens is 7. The summed E-state index contributed by atoms with van der Waals surface area (Å²) in [5.41, 5.74) is 1.63. The number of urea groups is 1. The summed E-state index contributed by atoms with van der Waals surface area (Å²) in [6.45, 7) is 0.0948. The van der Waals surface area contributed by atoms with Crippen LogP contribution in [0.15, 0.2) is 72.0 Å². The molecule has 3 amide bonds. The molecular formula is C28H19ClF6N6O4S. The van der Waals surface area contributed by atoms with Crippen LogP contribution in [0.4, 0.5) is 42.5 Å². The maximum Gasteiger partial charge on any atom is 0.573 e. The first-order valence-electron chi connectivity index (χ1n) is 12.9. The zero-order valence-electron chi connectivity index (χ0n) is 23.2. The van der Waals surface area contributed by atoms with Crippen molar-refractivity contribution in [2.75, 3.05) is 22.6 Å². The first kappa shape index (κ1) is 32.6. The molecule has 46 heavy (non-hydrogen) atoms. The van der Waals surface area contributed by atoms with E-state index >= 15 is 0 Å². The van der Waals surface area contributed by atoms with E-state index in [4.69, 9.17) is 16.3 Å². The second-order valence-corrected chi connectivity index (χ2v) is 10.8. The van der Waals surface area contributed by atoms with Crippen LogP contribution in [0.1, 0.15) is 5.56 Å². The molecule has 0 unspecified atom stereocenters. The fourth-order valence-corrected chi connectivity index (χ4v) is 5.16. The van der Waals surface area contributed by atoms with Gasteiger partial charge in [-0.25, -0.2) is 14.5 Å². The largest absolute Gasteiger partial charge is 0.573 e. The number of aryl methyl sites for hydroxylation is 1. The van der Waals surface area contributed by atoms with Crippen molar-refractivity contribution in [3.8, 4) is 28.6 Å². The highest BCUT2D eigenvalue weighted by atomic mass is 35.5. The molecule has 0 radical (unpaired) electrons. The van der Waals surface area contributed by atoms with Crippen molar-refractivity contribution >= 4 is 51.8 Å². The van der Waals surface area contributed by atoms with E-state index in [1.165, 1.54) is 53.5 Å². The molecule has 0 spiro atoms. The molecule has 10 nitrogen and oxygen atoms in total. The molecule has 3 aromatic carbocycles. The number of carbonyl (C=O) groups excluding carboxylic acids is 2. The SMILES string of the molecule is Cc1ccc(OCC(F)(F)F)c(N2C(=O)CS/C2=N\C(=O)Nc2ccc(-c3ncn(-c4ccc(OC(F)(F)F)cc4)n3)cc2Cl)c1. The number of ether oxygens (including phenoxy) is 2. The molecule has 18 heteroatoms. The van der Waals surface area contributed by atoms with Crippen molar-refractivity contribution in [2.24, 2.45) is 4.99 Å². The Morgan fingerprint density at radius 1 is 1.07 bits per heavy atom. The number of thioether (sulfide) groups is 1. The number of hydrogen-bond acceptors (Lipinski definition) is 7. The van der Waals surface area contributed by atoms with Crippen LogP contribution < -0.4 is 19.7 Å². The van der Waals surface area contributed by atoms with E-state index in [-0.39, 0.29) is 38.9 Å². The number of hydrogen-bond donors (Lipinski definition) is 1. The van der Waals surface area contributed by atoms with Gasteiger partial charge in [0.15, 0.2) is 17.6 Å². The van der Waals surface area contributed by atoms with Crippen LogP contribution in [0.3, 0.4) is 0 Å². The van der Waals surface area contributed by atoms with Crippen LogP contribution in [0.2, 0.25) is 5.02 Å². The first-order valence-corrected chi connectivity index (χ1v) is 14.2. The number of alkyl halides is 6. The maximum atomic E-state index is 12.8. The third-order valence-corrected chi connectivity index (χ3v) is 7.24. The van der Waals surface area contributed by atoms with Gasteiger partial charge in [0.2, 0.25) is 5.91 Å². The molecular weight excluding hydrogens is 666 g/mol. The third-order valence-electron chi connectivity index (χ3n) is 6.00. The molecule has 1 aliphatic rings. The van der Waals surface area contributed by atoms with Crippen molar-refractivity contribution in [2.45, 2.75) is 19.5 Å². The van der Waals surface area contributed by atoms with Crippen LogP contribution >= 0.6 is 23.4 Å². The molecule has 5 rings (SSSR count). The van der Waals surface area contributed by atoms with Crippen LogP contribution in [-0.2, 0) is 4.79 Å². The van der Waals surface area contributed by atoms with Gasteiger partial charge in [-0.2, -0.15) is 18.2 Å². The summed E-state index contributed by atoms with van der Waals surface area (Å²) in [5, 5.41) is 6.79. The lowest BCUT2D eigenvalue weighted by Crippen LogP contribution is -2.31. The Morgan fingerprint density at radius 2 is 1.80 bits per heavy atom. The average molecular weight is 685 g/mol. The first-order chi connectivity index (χ1) is 21.6. The van der Waals surface area contributed by atoms with Gasteiger partial charge in [0.05, 0.1) is 27.8 Å². The maximum absolute atomic E-state index is 12.8. The summed E-state index contributed by atoms with van der Waals surface area (Å²) >= 11 is 7.30. The number of rotatable bonds is 7. The highest BCUT2D eigenvalue weighted by molar-refractivity contribution is 8.15. The zero-order chi connectivity index (χ0) is 33.2. The Hall–Kier alpha value is -4.77. The highest BCUT2D eigenvalue weighted by Gasteiger charge is 2.35. The number of nitrogens with one attached hydrogen (secondary N) is 1. The monoisotopic (exact) mass is 684 g/mol. The molecule has 240 valence electrons. The van der Waals surface area contributed by atoms with Gasteiger partial charge in [0, 0.05) is 5.56 Å². The third kappa shape index (κ3) is 8.08. The highest BCUT2D eigenvalue weighted by Crippen LogP contribution is 2.36. The summed E-state index contributed by atoms with van der Waals surface area (Å²) in [4.78, 5) is 34.7. The average Bonchev–Trinajstić information content (AvgIpc) is 3.59. The van der Waals surface area contributed by atoms with Gasteiger partial charge in [-0.1, -0.05) is 29.4 Å². The predicted molar refractivity (Wildman–Crippen MR) is 158 cm³/mol. The minimum Gasteiger partial charge on any atom is -0.482 e. The number of anilines is 2. The number of amidine groups is 1. The molecule has 2 heterocycles. The van der Waals surface area contributed by atoms with Crippen molar-refractivity contribution < 1.29 is 45.4 Å². The second kappa shape index (κ2) is 12.9. The number of aromatic nitrogens is 3. The fourth-order valence-electron chi connectivity index (χ4n) is 4.07. The Labute approximate surface area is 265 Å². The normalized spacial score (nSPS) is 14.6. The van der Waals surface area contributed by atoms with Crippen LogP contribution in [-0.4, -0.2) is 56.8 Å². The van der Waals surface area contributed by atoms with E-state index in [9.17, 15) is 35.9 Å². The lowest BCUT2D eigenvalue weighted by Gasteiger charge is -2.21. The zero-order valence-corrected chi connectivity index (χ0v) is 24.8. The predicted octanol–water partition coefficient (Wildman–Crippen LogP) is 7.40. The minimum atomic E-state index is -4.82. The van der Waals surface area contributed by atoms with Crippen LogP contribution in [0.25, 0.3) is 17.1 Å². The van der Waals surface area contributed by atoms with Crippen LogP contribution in [0.5, 0.6) is 11.5 Å². The van der Waals surface area contributed by atoms with Gasteiger partial charge < -0.3 is 14.8 Å². The second-order valence-electron chi connectivity index (χ2n) is 9.47. The van der Waals surface area contributed by atoms with Crippen molar-refractivity contribution in [1.29, 1.82) is 0 Å². The van der Waals surface area contributed by atoms with Gasteiger partial charge in [-0.15, -0.1) is 18.3 Å². The molecule has 1 saturated heterocycles. The summed E-state index contributed by atoms with van der Waals surface area (Å²) in [7, 11) is 0. The molecule has 0 aliphatic carbocycles. The van der Waals surface area contributed by atoms with Crippen molar-refractivity contribution in [3.05, 3.63) is 77.6 Å². The lowest BCUT2D eigenvalue weighted by atomic mass is 10.2. The van der Waals surface area contributed by atoms with E-state index in [1.807, 2.05) is 0 Å². The Bertz CT molecular complexity index is 1810. The molecule has 0 atom stereocenters. The number of amides is 3. The summed E-state index contributed by atoms with van der Waals surface area (Å²) in [5.74, 6) is -1.02. The van der Waals surface area contributed by atoms with Crippen molar-refractivity contribution in [1.82, 2.24) is 14.8 Å². The van der Waals surface area contributed by atoms with E-state index < -0.39 is 36.8 Å². The van der Waals surface area contributed by atoms with Gasteiger partial charge in [-0.3, -0.25) is 9.69 Å². The minimum absolute atomic E-state index is 0.00528. The number of carbonyl (C=O) groups is 2. The number of nitrogens with zero attached hydrogens (tertiary/aromatic N) is 5. The Kier molecular flexibility index (Phi) is 9.16. The smallest absolute Gasteiger partial charge is 0.482 e. The summed E-state index contributed by atoms with van der Waals surface area (Å²) < 4.78 is 85.8. The molecule has 4 aromatic rings. The molecule has 1 aliphatic heterocycles. The lowest BCUT2D eigenvalue weighted by molar-refractivity contribution is -0.274. The van der Waals surface area contributed by atoms with E-state index in [0.717, 1.165) is 28.8 Å². The van der Waals surface area contributed by atoms with Crippen molar-refractivity contribution in [3.63, 3.8) is 0 Å². The molecule has 1 fully saturated rings. The fraction of sp³-hybridized carbons (Fsp3) is 0.179. The number of aliphatic imine (C=N–C) groups is 1. The van der Waals surface area contributed by atoms with Gasteiger partial charge in [-0.05, 0) is 67.1 Å². The quantitative estimate of drug-likeness (QED) is 0.202. The Morgan fingerprint density at radius 3 is 2.48 bits per heavy atom. The Balaban J connectivity index is 1.30. The van der Waals surface area contributed by atoms with E-state index in [1.54, 1.807) is 13.0 Å². The molecule has 1 aromatic heterocycles. The standard InChI is InChI=1S/C28H19ClF6N6O4S/c1-15-2-9-22(44-13-27(30,31)32)21(10-15)41-23(42)12-46-26(41)38-25(43)37-20-8-3-16(11-19(20)29)24-36-14-40(39-24)17-4-6-18(7-5-17)45-28(33,34)35/h2-11,14H,12-13H2,1H3,(H,37,43)/b38-26-. The summed E-state index contributed by atoms with van der Waals surface area (Å²) in [6, 6.07) is 12.8. The van der Waals surface area contributed by atoms with E-state index in [0.29, 0.717) is 16.8 Å². The summed E-state index contributed by atoms with van der Waals surface area (Å²) in [6.07, 6.45) is -8.09.